The molecular weight excluding hydrogens is 336 g/mol. The molecule has 0 bridgehead atoms. The van der Waals surface area contributed by atoms with E-state index >= 15 is 0 Å². The largest absolute Gasteiger partial charge is 0.211 e. The van der Waals surface area contributed by atoms with Gasteiger partial charge in [-0.3, -0.25) is 0 Å². The lowest BCUT2D eigenvalue weighted by molar-refractivity contribution is -0.175. The molecule has 2 atom stereocenters. The van der Waals surface area contributed by atoms with Crippen LogP contribution in [0.15, 0.2) is 60.7 Å². The van der Waals surface area contributed by atoms with E-state index in [1.807, 2.05) is 88.4 Å². The Balaban J connectivity index is 2.35. The molecule has 0 saturated carbocycles. The van der Waals surface area contributed by atoms with E-state index in [1.165, 1.54) is 0 Å². The molecule has 0 aromatic heterocycles. The van der Waals surface area contributed by atoms with Crippen LogP contribution in [0, 0.1) is 0 Å². The van der Waals surface area contributed by atoms with Gasteiger partial charge in [-0.05, 0) is 41.5 Å². The summed E-state index contributed by atoms with van der Waals surface area (Å²) in [5.41, 5.74) is 0.883. The van der Waals surface area contributed by atoms with Crippen molar-refractivity contribution in [3.63, 3.8) is 0 Å². The van der Waals surface area contributed by atoms with E-state index in [4.69, 9.17) is 0 Å². The number of hydrogen-bond acceptors (Lipinski definition) is 2. The fraction of sp³-hybridized carbons (Fsp3) is 0.478. The molecule has 0 saturated heterocycles. The highest BCUT2D eigenvalue weighted by atomic mass is 16.6. The summed E-state index contributed by atoms with van der Waals surface area (Å²) < 4.78 is -0.331. The molecular formula is C23H36N2O2+2. The molecule has 2 unspecified atom stereocenters. The second-order valence-electron chi connectivity index (χ2n) is 8.98. The molecule has 2 N–H and O–H groups in total. The Morgan fingerprint density at radius 1 is 0.704 bits per heavy atom. The first kappa shape index (κ1) is 21.6. The zero-order valence-corrected chi connectivity index (χ0v) is 17.7. The summed E-state index contributed by atoms with van der Waals surface area (Å²) >= 11 is 0. The summed E-state index contributed by atoms with van der Waals surface area (Å²) in [6.07, 6.45) is 0.648. The lowest BCUT2D eigenvalue weighted by atomic mass is 9.93. The highest BCUT2D eigenvalue weighted by molar-refractivity contribution is 5.43. The summed E-state index contributed by atoms with van der Waals surface area (Å²) in [4.78, 5) is 0. The van der Waals surface area contributed by atoms with Crippen molar-refractivity contribution in [3.8, 4) is 0 Å². The number of benzene rings is 2. The first-order chi connectivity index (χ1) is 12.5. The van der Waals surface area contributed by atoms with Crippen LogP contribution in [-0.2, 0) is 0 Å². The van der Waals surface area contributed by atoms with Gasteiger partial charge >= 0.3 is 0 Å². The minimum Gasteiger partial charge on any atom is -0.211 e. The van der Waals surface area contributed by atoms with E-state index < -0.39 is 5.54 Å². The van der Waals surface area contributed by atoms with E-state index in [2.05, 4.69) is 13.8 Å². The molecule has 0 spiro atoms. The minimum atomic E-state index is -0.470. The molecule has 0 amide bonds. The molecule has 0 fully saturated rings. The second kappa shape index (κ2) is 7.72. The lowest BCUT2D eigenvalue weighted by Gasteiger charge is -2.46. The highest BCUT2D eigenvalue weighted by Crippen LogP contribution is 2.37. The van der Waals surface area contributed by atoms with Crippen LogP contribution in [0.3, 0.4) is 0 Å². The smallest absolute Gasteiger partial charge is 0.165 e. The van der Waals surface area contributed by atoms with E-state index in [-0.39, 0.29) is 14.8 Å². The van der Waals surface area contributed by atoms with Gasteiger partial charge in [-0.15, -0.1) is 9.29 Å². The third-order valence-corrected chi connectivity index (χ3v) is 5.98. The number of para-hydroxylation sites is 2. The summed E-state index contributed by atoms with van der Waals surface area (Å²) in [6.45, 7) is 13.3. The standard InChI is InChI=1S/C23H36N2O2/c1-7-24(26,20-14-10-8-11-15-20)23(5,6)18-19-25(27,22(2,3)4)21-16-12-9-13-17-21/h8-17,26-27H,7,18-19H2,1-6H3/q+2. The van der Waals surface area contributed by atoms with Crippen LogP contribution in [0.25, 0.3) is 0 Å². The second-order valence-corrected chi connectivity index (χ2v) is 8.98. The van der Waals surface area contributed by atoms with Crippen LogP contribution >= 0.6 is 0 Å². The number of nitrogens with zero attached hydrogens (tertiary/aromatic N) is 2. The van der Waals surface area contributed by atoms with Crippen molar-refractivity contribution >= 4 is 11.4 Å². The molecule has 2 aromatic carbocycles. The molecule has 0 aliphatic rings. The van der Waals surface area contributed by atoms with Crippen molar-refractivity contribution in [1.29, 1.82) is 0 Å². The van der Waals surface area contributed by atoms with Crippen molar-refractivity contribution in [1.82, 2.24) is 9.29 Å². The van der Waals surface area contributed by atoms with Crippen LogP contribution in [0.2, 0.25) is 0 Å². The molecule has 2 rings (SSSR count). The van der Waals surface area contributed by atoms with E-state index in [0.717, 1.165) is 11.4 Å². The molecule has 0 aliphatic carbocycles. The quantitative estimate of drug-likeness (QED) is 0.479. The highest BCUT2D eigenvalue weighted by Gasteiger charge is 2.49. The molecule has 148 valence electrons. The van der Waals surface area contributed by atoms with Crippen LogP contribution in [0.4, 0.5) is 11.4 Å². The zero-order valence-electron chi connectivity index (χ0n) is 17.7. The minimum absolute atomic E-state index is 0.160. The number of quaternary nitrogens is 2. The zero-order chi connectivity index (χ0) is 20.3. The van der Waals surface area contributed by atoms with Crippen LogP contribution < -0.4 is 9.29 Å². The topological polar surface area (TPSA) is 40.5 Å². The van der Waals surface area contributed by atoms with Gasteiger partial charge in [-0.25, -0.2) is 10.4 Å². The van der Waals surface area contributed by atoms with Crippen molar-refractivity contribution in [2.45, 2.75) is 59.0 Å². The predicted molar refractivity (Wildman–Crippen MR) is 114 cm³/mol. The predicted octanol–water partition coefficient (Wildman–Crippen LogP) is 5.77. The Kier molecular flexibility index (Phi) is 6.17. The SMILES string of the molecule is CC[N+](O)(c1ccccc1)C(C)(C)CC[N+](O)(c1ccccc1)C(C)(C)C. The number of rotatable bonds is 7. The monoisotopic (exact) mass is 372 g/mol. The average molecular weight is 373 g/mol. The van der Waals surface area contributed by atoms with Gasteiger partial charge in [0.25, 0.3) is 0 Å². The molecule has 0 aliphatic heterocycles. The Labute approximate surface area is 164 Å². The Morgan fingerprint density at radius 3 is 1.48 bits per heavy atom. The van der Waals surface area contributed by atoms with Crippen molar-refractivity contribution in [3.05, 3.63) is 60.7 Å². The Morgan fingerprint density at radius 2 is 1.11 bits per heavy atom. The van der Waals surface area contributed by atoms with Crippen LogP contribution in [-0.4, -0.2) is 34.6 Å². The molecule has 4 heteroatoms. The Hall–Kier alpha value is -1.72. The maximum atomic E-state index is 11.6. The first-order valence-electron chi connectivity index (χ1n) is 9.81. The molecule has 2 aromatic rings. The van der Waals surface area contributed by atoms with Gasteiger partial charge < -0.3 is 0 Å². The van der Waals surface area contributed by atoms with Gasteiger partial charge in [0.1, 0.15) is 24.2 Å². The Bertz CT molecular complexity index is 725. The van der Waals surface area contributed by atoms with Crippen molar-refractivity contribution < 1.29 is 10.4 Å². The molecule has 0 heterocycles. The summed E-state index contributed by atoms with van der Waals surface area (Å²) in [7, 11) is 0. The van der Waals surface area contributed by atoms with Gasteiger partial charge in [0.05, 0.1) is 6.42 Å². The third-order valence-electron chi connectivity index (χ3n) is 5.98. The first-order valence-corrected chi connectivity index (χ1v) is 9.81. The number of hydroxylamine groups is 4. The average Bonchev–Trinajstić information content (AvgIpc) is 2.65. The molecule has 4 nitrogen and oxygen atoms in total. The normalized spacial score (nSPS) is 17.2. The van der Waals surface area contributed by atoms with E-state index in [1.54, 1.807) is 0 Å². The maximum absolute atomic E-state index is 11.6. The maximum Gasteiger partial charge on any atom is 0.165 e. The number of hydrogen-bond donors (Lipinski definition) is 2. The van der Waals surface area contributed by atoms with Crippen molar-refractivity contribution in [2.24, 2.45) is 0 Å². The summed E-state index contributed by atoms with van der Waals surface area (Å²) in [5.74, 6) is 0. The fourth-order valence-electron chi connectivity index (χ4n) is 3.78. The van der Waals surface area contributed by atoms with Gasteiger partial charge in [0, 0.05) is 24.3 Å². The van der Waals surface area contributed by atoms with Gasteiger partial charge in [-0.1, -0.05) is 36.4 Å². The van der Waals surface area contributed by atoms with E-state index in [9.17, 15) is 10.4 Å². The molecule has 0 radical (unpaired) electrons. The summed E-state index contributed by atoms with van der Waals surface area (Å²) in [6, 6.07) is 19.6. The van der Waals surface area contributed by atoms with Gasteiger partial charge in [-0.2, -0.15) is 0 Å². The van der Waals surface area contributed by atoms with Gasteiger partial charge in [0.15, 0.2) is 11.4 Å². The molecule has 27 heavy (non-hydrogen) atoms. The van der Waals surface area contributed by atoms with Gasteiger partial charge in [0.2, 0.25) is 0 Å². The third kappa shape index (κ3) is 4.09. The summed E-state index contributed by atoms with van der Waals surface area (Å²) in [5, 5.41) is 23.2. The fourth-order valence-corrected chi connectivity index (χ4v) is 3.78. The van der Waals surface area contributed by atoms with Crippen molar-refractivity contribution in [2.75, 3.05) is 13.1 Å². The van der Waals surface area contributed by atoms with E-state index in [0.29, 0.717) is 19.5 Å². The lowest BCUT2D eigenvalue weighted by Crippen LogP contribution is -2.65. The van der Waals surface area contributed by atoms with Crippen LogP contribution in [0.1, 0.15) is 48.0 Å². The van der Waals surface area contributed by atoms with Crippen LogP contribution in [0.5, 0.6) is 0 Å².